The number of hydrogen-bond donors (Lipinski definition) is 0. The fourth-order valence-corrected chi connectivity index (χ4v) is 2.39. The predicted molar refractivity (Wildman–Crippen MR) is 81.1 cm³/mol. The molecule has 0 saturated heterocycles. The molecule has 3 rings (SSSR count). The highest BCUT2D eigenvalue weighted by atomic mass is 79.9. The highest BCUT2D eigenvalue weighted by Crippen LogP contribution is 2.24. The molecule has 0 unspecified atom stereocenters. The van der Waals surface area contributed by atoms with Crippen LogP contribution in [-0.2, 0) is 0 Å². The largest absolute Gasteiger partial charge is 0.494 e. The lowest BCUT2D eigenvalue weighted by Crippen LogP contribution is -2.14. The van der Waals surface area contributed by atoms with E-state index in [0.717, 1.165) is 4.47 Å². The van der Waals surface area contributed by atoms with Crippen LogP contribution in [0.25, 0.3) is 16.9 Å². The van der Waals surface area contributed by atoms with Gasteiger partial charge in [-0.1, -0.05) is 0 Å². The molecule has 0 bridgehead atoms. The highest BCUT2D eigenvalue weighted by Gasteiger charge is 2.09. The Hall–Kier alpha value is -2.21. The van der Waals surface area contributed by atoms with E-state index in [-0.39, 0.29) is 11.3 Å². The molecular weight excluding hydrogens is 339 g/mol. The second kappa shape index (κ2) is 5.29. The van der Waals surface area contributed by atoms with Crippen molar-refractivity contribution >= 4 is 21.6 Å². The van der Waals surface area contributed by atoms with E-state index < -0.39 is 5.82 Å². The molecule has 21 heavy (non-hydrogen) atoms. The standard InChI is InChI=1S/C15H10BrFN2O2/c1-21-13-4-2-9(6-11(13)17)12-7-15(20)19-8-10(16)3-5-14(19)18-12/h2-8H,1H3. The SMILES string of the molecule is COc1ccc(-c2cc(=O)n3cc(Br)ccc3n2)cc1F. The highest BCUT2D eigenvalue weighted by molar-refractivity contribution is 9.10. The van der Waals surface area contributed by atoms with Gasteiger partial charge in [-0.3, -0.25) is 9.20 Å². The van der Waals surface area contributed by atoms with Crippen LogP contribution in [0.2, 0.25) is 0 Å². The van der Waals surface area contributed by atoms with E-state index in [2.05, 4.69) is 20.9 Å². The molecule has 0 aliphatic heterocycles. The zero-order chi connectivity index (χ0) is 15.0. The van der Waals surface area contributed by atoms with Crippen molar-refractivity contribution in [2.45, 2.75) is 0 Å². The summed E-state index contributed by atoms with van der Waals surface area (Å²) in [5.74, 6) is -0.340. The molecule has 106 valence electrons. The molecule has 0 spiro atoms. The summed E-state index contributed by atoms with van der Waals surface area (Å²) in [6.07, 6.45) is 1.64. The van der Waals surface area contributed by atoms with Gasteiger partial charge in [0.15, 0.2) is 11.6 Å². The summed E-state index contributed by atoms with van der Waals surface area (Å²) in [4.78, 5) is 16.5. The molecule has 2 aromatic heterocycles. The fourth-order valence-electron chi connectivity index (χ4n) is 2.05. The van der Waals surface area contributed by atoms with E-state index in [1.54, 1.807) is 24.4 Å². The van der Waals surface area contributed by atoms with Crippen LogP contribution in [0.3, 0.4) is 0 Å². The molecule has 0 aliphatic carbocycles. The smallest absolute Gasteiger partial charge is 0.258 e. The summed E-state index contributed by atoms with van der Waals surface area (Å²) in [7, 11) is 1.40. The summed E-state index contributed by atoms with van der Waals surface area (Å²) in [6, 6.07) is 9.36. The van der Waals surface area contributed by atoms with Crippen molar-refractivity contribution in [3.05, 3.63) is 63.2 Å². The zero-order valence-corrected chi connectivity index (χ0v) is 12.6. The van der Waals surface area contributed by atoms with Crippen LogP contribution in [0.15, 0.2) is 51.9 Å². The van der Waals surface area contributed by atoms with Gasteiger partial charge in [0.25, 0.3) is 5.56 Å². The molecule has 6 heteroatoms. The first kappa shape index (κ1) is 13.8. The molecular formula is C15H10BrFN2O2. The quantitative estimate of drug-likeness (QED) is 0.713. The van der Waals surface area contributed by atoms with E-state index in [0.29, 0.717) is 16.9 Å². The number of halogens is 2. The van der Waals surface area contributed by atoms with E-state index >= 15 is 0 Å². The molecule has 4 nitrogen and oxygen atoms in total. The number of fused-ring (bicyclic) bond motifs is 1. The average molecular weight is 349 g/mol. The number of aromatic nitrogens is 2. The van der Waals surface area contributed by atoms with Crippen molar-refractivity contribution in [2.75, 3.05) is 7.11 Å². The maximum absolute atomic E-state index is 13.8. The van der Waals surface area contributed by atoms with Gasteiger partial charge in [0.2, 0.25) is 0 Å². The first-order valence-electron chi connectivity index (χ1n) is 6.11. The Bertz CT molecular complexity index is 892. The number of ether oxygens (including phenoxy) is 1. The van der Waals surface area contributed by atoms with Crippen molar-refractivity contribution in [2.24, 2.45) is 0 Å². The van der Waals surface area contributed by atoms with Gasteiger partial charge in [0.05, 0.1) is 12.8 Å². The Labute approximate surface area is 128 Å². The van der Waals surface area contributed by atoms with Crippen molar-refractivity contribution in [1.82, 2.24) is 9.38 Å². The van der Waals surface area contributed by atoms with E-state index in [4.69, 9.17) is 4.74 Å². The lowest BCUT2D eigenvalue weighted by molar-refractivity contribution is 0.386. The molecule has 0 atom stereocenters. The Morgan fingerprint density at radius 2 is 2.05 bits per heavy atom. The Morgan fingerprint density at radius 3 is 2.76 bits per heavy atom. The molecule has 0 N–H and O–H groups in total. The number of hydrogen-bond acceptors (Lipinski definition) is 3. The summed E-state index contributed by atoms with van der Waals surface area (Å²) in [5, 5.41) is 0. The maximum Gasteiger partial charge on any atom is 0.258 e. The molecule has 1 aromatic carbocycles. The van der Waals surface area contributed by atoms with Crippen LogP contribution in [-0.4, -0.2) is 16.5 Å². The Kier molecular flexibility index (Phi) is 3.47. The van der Waals surface area contributed by atoms with Crippen molar-refractivity contribution in [1.29, 1.82) is 0 Å². The summed E-state index contributed by atoms with van der Waals surface area (Å²) in [5.41, 5.74) is 1.21. The number of rotatable bonds is 2. The second-order valence-corrected chi connectivity index (χ2v) is 5.32. The van der Waals surface area contributed by atoms with Gasteiger partial charge in [-0.15, -0.1) is 0 Å². The third-order valence-corrected chi connectivity index (χ3v) is 3.54. The molecule has 0 saturated carbocycles. The molecule has 0 amide bonds. The molecule has 0 aliphatic rings. The van der Waals surface area contributed by atoms with Gasteiger partial charge >= 0.3 is 0 Å². The van der Waals surface area contributed by atoms with Gasteiger partial charge in [0, 0.05) is 22.3 Å². The third kappa shape index (κ3) is 2.54. The molecule has 0 radical (unpaired) electrons. The lowest BCUT2D eigenvalue weighted by Gasteiger charge is -2.06. The fraction of sp³-hybridized carbons (Fsp3) is 0.0667. The average Bonchev–Trinajstić information content (AvgIpc) is 2.47. The summed E-state index contributed by atoms with van der Waals surface area (Å²) >= 11 is 3.30. The van der Waals surface area contributed by atoms with Crippen molar-refractivity contribution in [3.63, 3.8) is 0 Å². The summed E-state index contributed by atoms with van der Waals surface area (Å²) in [6.45, 7) is 0. The zero-order valence-electron chi connectivity index (χ0n) is 11.0. The van der Waals surface area contributed by atoms with Gasteiger partial charge in [-0.2, -0.15) is 0 Å². The van der Waals surface area contributed by atoms with E-state index in [1.165, 1.54) is 29.7 Å². The first-order chi connectivity index (χ1) is 10.1. The van der Waals surface area contributed by atoms with Gasteiger partial charge in [0.1, 0.15) is 5.65 Å². The van der Waals surface area contributed by atoms with Crippen LogP contribution in [0, 0.1) is 5.82 Å². The minimum Gasteiger partial charge on any atom is -0.494 e. The summed E-state index contributed by atoms with van der Waals surface area (Å²) < 4.78 is 20.8. The molecule has 3 aromatic rings. The van der Waals surface area contributed by atoms with Crippen LogP contribution in [0.5, 0.6) is 5.75 Å². The van der Waals surface area contributed by atoms with Crippen LogP contribution < -0.4 is 10.3 Å². The first-order valence-corrected chi connectivity index (χ1v) is 6.90. The third-order valence-electron chi connectivity index (χ3n) is 3.07. The van der Waals surface area contributed by atoms with Crippen LogP contribution in [0.4, 0.5) is 4.39 Å². The second-order valence-electron chi connectivity index (χ2n) is 4.40. The minimum atomic E-state index is -0.493. The lowest BCUT2D eigenvalue weighted by atomic mass is 10.1. The van der Waals surface area contributed by atoms with E-state index in [9.17, 15) is 9.18 Å². The minimum absolute atomic E-state index is 0.153. The normalized spacial score (nSPS) is 10.8. The predicted octanol–water partition coefficient (Wildman–Crippen LogP) is 3.27. The maximum atomic E-state index is 13.8. The van der Waals surface area contributed by atoms with Crippen molar-refractivity contribution < 1.29 is 9.13 Å². The number of pyridine rings is 1. The van der Waals surface area contributed by atoms with Gasteiger partial charge in [-0.25, -0.2) is 9.37 Å². The van der Waals surface area contributed by atoms with Crippen molar-refractivity contribution in [3.8, 4) is 17.0 Å². The topological polar surface area (TPSA) is 43.6 Å². The number of nitrogens with zero attached hydrogens (tertiary/aromatic N) is 2. The number of methoxy groups -OCH3 is 1. The monoisotopic (exact) mass is 348 g/mol. The van der Waals surface area contributed by atoms with E-state index in [1.807, 2.05) is 0 Å². The Balaban J connectivity index is 2.19. The van der Waals surface area contributed by atoms with Crippen LogP contribution >= 0.6 is 15.9 Å². The Morgan fingerprint density at radius 1 is 1.24 bits per heavy atom. The van der Waals surface area contributed by atoms with Gasteiger partial charge < -0.3 is 4.74 Å². The molecule has 0 fully saturated rings. The van der Waals surface area contributed by atoms with Crippen LogP contribution in [0.1, 0.15) is 0 Å². The number of benzene rings is 1. The molecule has 2 heterocycles. The van der Waals surface area contributed by atoms with Gasteiger partial charge in [-0.05, 0) is 46.3 Å².